The highest BCUT2D eigenvalue weighted by Crippen LogP contribution is 2.36. The third kappa shape index (κ3) is 5.77. The second kappa shape index (κ2) is 12.4. The zero-order valence-corrected chi connectivity index (χ0v) is 24.6. The number of benzene rings is 2. The summed E-state index contributed by atoms with van der Waals surface area (Å²) in [5, 5.41) is 0. The highest BCUT2D eigenvalue weighted by Gasteiger charge is 2.34. The average molecular weight is 567 g/mol. The molecule has 1 atom stereocenters. The molecule has 0 amide bonds. The number of thiazole rings is 1. The van der Waals surface area contributed by atoms with Crippen LogP contribution in [0.4, 0.5) is 0 Å². The van der Waals surface area contributed by atoms with E-state index in [1.54, 1.807) is 56.9 Å². The minimum absolute atomic E-state index is 0.0594. The summed E-state index contributed by atoms with van der Waals surface area (Å²) < 4.78 is 30.0. The van der Waals surface area contributed by atoms with Crippen LogP contribution in [0.1, 0.15) is 51.8 Å². The van der Waals surface area contributed by atoms with E-state index in [2.05, 4.69) is 4.99 Å². The molecule has 0 aliphatic carbocycles. The number of aromatic nitrogens is 1. The lowest BCUT2D eigenvalue weighted by molar-refractivity contribution is -0.139. The molecule has 0 bridgehead atoms. The van der Waals surface area contributed by atoms with Gasteiger partial charge in [-0.2, -0.15) is 0 Å². The summed E-state index contributed by atoms with van der Waals surface area (Å²) in [5.41, 5.74) is 1.94. The maximum atomic E-state index is 13.9. The molecule has 0 unspecified atom stereocenters. The number of rotatable bonds is 10. The molecule has 0 fully saturated rings. The van der Waals surface area contributed by atoms with E-state index in [1.165, 1.54) is 11.3 Å². The fourth-order valence-corrected chi connectivity index (χ4v) is 5.56. The van der Waals surface area contributed by atoms with Crippen LogP contribution < -0.4 is 33.8 Å². The van der Waals surface area contributed by atoms with Gasteiger partial charge in [0.05, 0.1) is 55.4 Å². The number of hydrogen-bond donors (Lipinski definition) is 0. The number of fused-ring (bicyclic) bond motifs is 1. The zero-order valence-electron chi connectivity index (χ0n) is 23.8. The molecule has 0 saturated carbocycles. The van der Waals surface area contributed by atoms with Crippen molar-refractivity contribution < 1.29 is 28.5 Å². The van der Waals surface area contributed by atoms with Crippen LogP contribution in [0, 0.1) is 0 Å². The minimum atomic E-state index is -0.769. The van der Waals surface area contributed by atoms with Crippen LogP contribution in [0.5, 0.6) is 23.0 Å². The number of carbonyl (C=O) groups is 1. The quantitative estimate of drug-likeness (QED) is 0.342. The second-order valence-corrected chi connectivity index (χ2v) is 10.2. The second-order valence-electron chi connectivity index (χ2n) is 9.22. The van der Waals surface area contributed by atoms with Crippen molar-refractivity contribution >= 4 is 23.4 Å². The summed E-state index contributed by atoms with van der Waals surface area (Å²) in [6.45, 7) is 9.90. The molecule has 2 heterocycles. The SMILES string of the molecule is CCOC(=O)C1=C(C)N=c2s/c(=C\c3ccc(OC)c(OCC)c3)c(=O)n2[C@@H]1c1ccc(OC(C)C)c(OC)c1. The van der Waals surface area contributed by atoms with Crippen LogP contribution in [-0.2, 0) is 9.53 Å². The Bertz CT molecular complexity index is 1620. The van der Waals surface area contributed by atoms with Gasteiger partial charge >= 0.3 is 5.97 Å². The first-order chi connectivity index (χ1) is 19.2. The van der Waals surface area contributed by atoms with Crippen molar-refractivity contribution in [2.75, 3.05) is 27.4 Å². The normalized spacial score (nSPS) is 15.0. The van der Waals surface area contributed by atoms with Gasteiger partial charge in [-0.15, -0.1) is 0 Å². The molecule has 1 aromatic heterocycles. The Morgan fingerprint density at radius 2 is 1.75 bits per heavy atom. The molecule has 40 heavy (non-hydrogen) atoms. The van der Waals surface area contributed by atoms with Gasteiger partial charge in [-0.05, 0) is 76.1 Å². The summed E-state index contributed by atoms with van der Waals surface area (Å²) in [6.07, 6.45) is 1.72. The molecule has 0 N–H and O–H groups in total. The Kier molecular flexibility index (Phi) is 8.99. The number of esters is 1. The van der Waals surface area contributed by atoms with Gasteiger partial charge in [-0.3, -0.25) is 9.36 Å². The van der Waals surface area contributed by atoms with Gasteiger partial charge in [0.1, 0.15) is 0 Å². The Balaban J connectivity index is 1.92. The molecule has 4 rings (SSSR count). The summed E-state index contributed by atoms with van der Waals surface area (Å²) in [4.78, 5) is 32.2. The number of nitrogens with zero attached hydrogens (tertiary/aromatic N) is 2. The Morgan fingerprint density at radius 3 is 2.40 bits per heavy atom. The summed E-state index contributed by atoms with van der Waals surface area (Å²) in [6, 6.07) is 10.1. The number of allylic oxidation sites excluding steroid dienone is 1. The van der Waals surface area contributed by atoms with Gasteiger partial charge in [0, 0.05) is 0 Å². The molecule has 212 valence electrons. The third-order valence-corrected chi connectivity index (χ3v) is 7.15. The third-order valence-electron chi connectivity index (χ3n) is 6.17. The van der Waals surface area contributed by atoms with E-state index in [9.17, 15) is 9.59 Å². The molecular weight excluding hydrogens is 532 g/mol. The lowest BCUT2D eigenvalue weighted by Gasteiger charge is -2.25. The number of hydrogen-bond acceptors (Lipinski definition) is 9. The van der Waals surface area contributed by atoms with E-state index in [4.69, 9.17) is 23.7 Å². The maximum Gasteiger partial charge on any atom is 0.338 e. The molecule has 0 saturated heterocycles. The molecule has 1 aliphatic heterocycles. The molecule has 9 nitrogen and oxygen atoms in total. The van der Waals surface area contributed by atoms with Crippen LogP contribution in [-0.4, -0.2) is 44.1 Å². The van der Waals surface area contributed by atoms with Gasteiger partial charge in [0.25, 0.3) is 5.56 Å². The first-order valence-electron chi connectivity index (χ1n) is 13.1. The predicted molar refractivity (Wildman–Crippen MR) is 153 cm³/mol. The molecule has 0 radical (unpaired) electrons. The van der Waals surface area contributed by atoms with Gasteiger partial charge < -0.3 is 23.7 Å². The molecule has 10 heteroatoms. The summed E-state index contributed by atoms with van der Waals surface area (Å²) in [7, 11) is 3.13. The lowest BCUT2D eigenvalue weighted by Crippen LogP contribution is -2.40. The number of carbonyl (C=O) groups excluding carboxylic acids is 1. The van der Waals surface area contributed by atoms with Gasteiger partial charge in [-0.25, -0.2) is 9.79 Å². The van der Waals surface area contributed by atoms with Gasteiger partial charge in [0.15, 0.2) is 27.8 Å². The molecule has 0 spiro atoms. The van der Waals surface area contributed by atoms with E-state index in [0.29, 0.717) is 55.8 Å². The topological polar surface area (TPSA) is 97.6 Å². The first kappa shape index (κ1) is 28.9. The fourth-order valence-electron chi connectivity index (χ4n) is 4.52. The number of ether oxygens (including phenoxy) is 5. The van der Waals surface area contributed by atoms with E-state index in [1.807, 2.05) is 39.0 Å². The summed E-state index contributed by atoms with van der Waals surface area (Å²) >= 11 is 1.25. The number of methoxy groups -OCH3 is 2. The zero-order chi connectivity index (χ0) is 29.0. The van der Waals surface area contributed by atoms with Crippen LogP contribution in [0.3, 0.4) is 0 Å². The first-order valence-corrected chi connectivity index (χ1v) is 13.9. The van der Waals surface area contributed by atoms with Crippen LogP contribution in [0.2, 0.25) is 0 Å². The van der Waals surface area contributed by atoms with Gasteiger partial charge in [0.2, 0.25) is 0 Å². The van der Waals surface area contributed by atoms with Crippen LogP contribution >= 0.6 is 11.3 Å². The minimum Gasteiger partial charge on any atom is -0.493 e. The predicted octanol–water partition coefficient (Wildman–Crippen LogP) is 4.00. The van der Waals surface area contributed by atoms with Crippen LogP contribution in [0.15, 0.2) is 57.5 Å². The van der Waals surface area contributed by atoms with Gasteiger partial charge in [-0.1, -0.05) is 23.5 Å². The average Bonchev–Trinajstić information content (AvgIpc) is 3.22. The van der Waals surface area contributed by atoms with Crippen LogP contribution in [0.25, 0.3) is 6.08 Å². The smallest absolute Gasteiger partial charge is 0.338 e. The van der Waals surface area contributed by atoms with Crippen molar-refractivity contribution in [2.45, 2.75) is 46.8 Å². The summed E-state index contributed by atoms with van der Waals surface area (Å²) in [5.74, 6) is 1.72. The molecule has 3 aromatic rings. The molecular formula is C30H34N2O7S. The van der Waals surface area contributed by atoms with Crippen molar-refractivity contribution in [3.05, 3.63) is 78.5 Å². The monoisotopic (exact) mass is 566 g/mol. The van der Waals surface area contributed by atoms with E-state index < -0.39 is 12.0 Å². The molecule has 1 aliphatic rings. The fraction of sp³-hybridized carbons (Fsp3) is 0.367. The highest BCUT2D eigenvalue weighted by atomic mass is 32.1. The molecule has 2 aromatic carbocycles. The highest BCUT2D eigenvalue weighted by molar-refractivity contribution is 7.07. The Morgan fingerprint density at radius 1 is 1.02 bits per heavy atom. The lowest BCUT2D eigenvalue weighted by atomic mass is 9.95. The van der Waals surface area contributed by atoms with Crippen molar-refractivity contribution in [3.63, 3.8) is 0 Å². The van der Waals surface area contributed by atoms with E-state index in [0.717, 1.165) is 5.56 Å². The van der Waals surface area contributed by atoms with E-state index in [-0.39, 0.29) is 18.3 Å². The Hall–Kier alpha value is -4.05. The largest absolute Gasteiger partial charge is 0.493 e. The van der Waals surface area contributed by atoms with Crippen molar-refractivity contribution in [2.24, 2.45) is 4.99 Å². The van der Waals surface area contributed by atoms with Crippen molar-refractivity contribution in [1.29, 1.82) is 0 Å². The maximum absolute atomic E-state index is 13.9. The van der Waals surface area contributed by atoms with Crippen molar-refractivity contribution in [3.8, 4) is 23.0 Å². The van der Waals surface area contributed by atoms with E-state index >= 15 is 0 Å². The Labute approximate surface area is 236 Å². The van der Waals surface area contributed by atoms with Crippen molar-refractivity contribution in [1.82, 2.24) is 4.57 Å². The standard InChI is InChI=1S/C30H34N2O7S/c1-8-37-24-14-19(10-12-21(24)35-6)15-25-28(33)32-27(20-11-13-22(39-17(3)4)23(16-20)36-7)26(29(34)38-9-2)18(5)31-30(32)40-25/h10-17,27H,8-9H2,1-7H3/b25-15-/t27-/m1/s1.